The van der Waals surface area contributed by atoms with Crippen molar-refractivity contribution in [3.63, 3.8) is 0 Å². The van der Waals surface area contributed by atoms with E-state index in [0.29, 0.717) is 87.8 Å². The zero-order chi connectivity index (χ0) is 97.7. The molecule has 13 aliphatic rings. The third-order valence-electron chi connectivity index (χ3n) is 36.8. The Hall–Kier alpha value is -6.08. The molecular formula is C125H178F10O3. The van der Waals surface area contributed by atoms with E-state index < -0.39 is 58.2 Å². The molecule has 5 unspecified atom stereocenters. The van der Waals surface area contributed by atoms with Gasteiger partial charge in [0.05, 0.1) is 25.4 Å². The molecule has 18 rings (SSSR count). The van der Waals surface area contributed by atoms with Gasteiger partial charge in [-0.2, -0.15) is 8.78 Å². The van der Waals surface area contributed by atoms with Crippen molar-refractivity contribution in [3.05, 3.63) is 194 Å². The molecule has 13 heteroatoms. The van der Waals surface area contributed by atoms with Crippen molar-refractivity contribution >= 4 is 16.7 Å². The van der Waals surface area contributed by atoms with E-state index in [1.54, 1.807) is 63.2 Å². The van der Waals surface area contributed by atoms with Crippen molar-refractivity contribution in [3.8, 4) is 11.5 Å². The highest BCUT2D eigenvalue weighted by Gasteiger charge is 2.64. The minimum atomic E-state index is -0.860. The number of unbranched alkanes of at least 4 members (excludes halogenated alkanes) is 4. The van der Waals surface area contributed by atoms with Gasteiger partial charge in [-0.05, 0) is 396 Å². The van der Waals surface area contributed by atoms with Gasteiger partial charge in [0.25, 0.3) is 0 Å². The topological polar surface area (TPSA) is 27.7 Å². The van der Waals surface area contributed by atoms with E-state index in [2.05, 4.69) is 72.4 Å². The van der Waals surface area contributed by atoms with Crippen molar-refractivity contribution in [2.75, 3.05) is 13.2 Å². The number of halogens is 10. The predicted octanol–water partition coefficient (Wildman–Crippen LogP) is 39.0. The first-order valence-corrected chi connectivity index (χ1v) is 57.1. The molecule has 2 heterocycles. The number of ether oxygens (including phenoxy) is 3. The zero-order valence-corrected chi connectivity index (χ0v) is 86.7. The fraction of sp³-hybridized carbons (Fsp3) is 0.696. The third kappa shape index (κ3) is 28.8. The Labute approximate surface area is 829 Å². The standard InChI is InChI=1S/C30H44F2.C26H40F2.C25H36F2O.C22H28F2O.C22H30F2O/c1-3-4-5-6-22-8-10-23(11-9-22)24-12-14-25(15-13-24)26-16-18-27(19-17-26)28-20-7-21(2)29(31)30(28)32;1-3-5-6-8-23-17-18-24(26(28)25(23)27)22-15-13-21(14-16-22)20-11-9-19(7-4-2)10-12-20;1-3-5-18-6-8-19(9-7-18)10-11-20-12-14-21(15-13-20)22-16-17-23(28-4-2)25(27)24(22)26;1-3-5-13-7-9-14(10-8-13)15-11-12-16(20(24)19(15)23)18-21-17(6-4-2)22(18)25-21;1-3-15-5-7-16(8-6-15)17-9-11-18(12-10-17)19-13-14-20(25-4-2)22(24)21(19)23/h7,18,20,22-26H,3-6,8-17,19H2,1-2H3;17-22H,3-16H2,1-2H3;14,16-20H,3-13,15H2,1-2H3;9,11-13,17-18,21-22H,3-8,10H2,1-2H3;3,13-18H,1,4-12H2,2H3. The Bertz CT molecular complexity index is 4610. The third-order valence-corrected chi connectivity index (χ3v) is 36.8. The largest absolute Gasteiger partial charge is 0.491 e. The first-order chi connectivity index (χ1) is 67.1. The molecule has 2 aliphatic heterocycles. The second kappa shape index (κ2) is 55.3. The summed E-state index contributed by atoms with van der Waals surface area (Å²) in [5.41, 5.74) is 6.97. The van der Waals surface area contributed by atoms with Gasteiger partial charge in [-0.3, -0.25) is 0 Å². The highest BCUT2D eigenvalue weighted by molar-refractivity contribution is 5.69. The van der Waals surface area contributed by atoms with E-state index in [1.807, 2.05) is 18.2 Å². The van der Waals surface area contributed by atoms with Crippen LogP contribution in [0.25, 0.3) is 16.7 Å². The average molecular weight is 1920 g/mol. The van der Waals surface area contributed by atoms with Crippen LogP contribution in [-0.4, -0.2) is 25.4 Å². The Kier molecular flexibility index (Phi) is 43.7. The van der Waals surface area contributed by atoms with Crippen LogP contribution in [-0.2, 0) is 11.2 Å². The molecule has 2 bridgehead atoms. The number of hydrogen-bond acceptors (Lipinski definition) is 3. The van der Waals surface area contributed by atoms with Gasteiger partial charge in [-0.15, -0.1) is 6.58 Å². The van der Waals surface area contributed by atoms with Crippen LogP contribution < -0.4 is 9.47 Å². The first kappa shape index (κ1) is 109. The van der Waals surface area contributed by atoms with Crippen molar-refractivity contribution < 1.29 is 58.1 Å². The van der Waals surface area contributed by atoms with E-state index in [0.717, 1.165) is 216 Å². The molecule has 0 amide bonds. The minimum absolute atomic E-state index is 0.00620. The minimum Gasteiger partial charge on any atom is -0.491 e. The maximum atomic E-state index is 14.7. The monoisotopic (exact) mass is 1920 g/mol. The van der Waals surface area contributed by atoms with Crippen molar-refractivity contribution in [2.45, 2.75) is 445 Å². The maximum absolute atomic E-state index is 14.7. The van der Waals surface area contributed by atoms with Crippen LogP contribution in [0.1, 0.15) is 464 Å². The molecule has 5 aromatic carbocycles. The molecule has 8 saturated carbocycles. The van der Waals surface area contributed by atoms with E-state index in [9.17, 15) is 43.9 Å². The summed E-state index contributed by atoms with van der Waals surface area (Å²) >= 11 is 0. The van der Waals surface area contributed by atoms with Gasteiger partial charge in [0, 0.05) is 28.5 Å². The highest BCUT2D eigenvalue weighted by atomic mass is 19.2. The van der Waals surface area contributed by atoms with E-state index in [-0.39, 0.29) is 41.5 Å². The van der Waals surface area contributed by atoms with Gasteiger partial charge in [0.2, 0.25) is 11.6 Å². The van der Waals surface area contributed by atoms with Gasteiger partial charge in [0.15, 0.2) is 58.0 Å². The van der Waals surface area contributed by atoms with Gasteiger partial charge in [-0.1, -0.05) is 250 Å². The second-order valence-electron chi connectivity index (χ2n) is 45.4. The summed E-state index contributed by atoms with van der Waals surface area (Å²) in [5, 5.41) is 0. The molecular weight excluding hydrogens is 1740 g/mol. The van der Waals surface area contributed by atoms with Crippen LogP contribution in [0.15, 0.2) is 91.5 Å². The predicted molar refractivity (Wildman–Crippen MR) is 553 cm³/mol. The first-order valence-electron chi connectivity index (χ1n) is 57.1. The van der Waals surface area contributed by atoms with Crippen LogP contribution >= 0.6 is 0 Å². The summed E-state index contributed by atoms with van der Waals surface area (Å²) in [7, 11) is 0. The molecule has 0 radical (unpaired) electrons. The maximum Gasteiger partial charge on any atom is 0.201 e. The summed E-state index contributed by atoms with van der Waals surface area (Å²) < 4.78 is 160. The van der Waals surface area contributed by atoms with Crippen LogP contribution in [0.2, 0.25) is 0 Å². The SMILES string of the molecule is C=CC1CCC(C2CCC(c3ccc(OCC)c(F)c3F)CC2)CC1.CCCC1CC=C(c2ccc(C3C4OC3C4CCC)c(F)c2F)CC1.CCCC1CCC(CCC2CC=C(c3ccc(OCC)c(F)c3F)CC2)CC1.CCCCCC1CCC(C2CCC(C3CC=C(c4ccc(C)c(F)c4F)CC3)CC2)CC1.CCCCCc1ccc(C2CCC(C3CCC(CCC)CC3)CC2)c(F)c1F. The molecule has 138 heavy (non-hydrogen) atoms. The average Bonchev–Trinajstić information content (AvgIpc) is 0.694. The number of benzene rings is 5. The lowest BCUT2D eigenvalue weighted by atomic mass is 9.58. The molecule has 10 fully saturated rings. The van der Waals surface area contributed by atoms with Crippen LogP contribution in [0.4, 0.5) is 43.9 Å². The Morgan fingerprint density at radius 2 is 0.667 bits per heavy atom. The van der Waals surface area contributed by atoms with E-state index in [4.69, 9.17) is 14.2 Å². The van der Waals surface area contributed by atoms with Crippen molar-refractivity contribution in [2.24, 2.45) is 94.7 Å². The van der Waals surface area contributed by atoms with Gasteiger partial charge in [0.1, 0.15) is 0 Å². The van der Waals surface area contributed by atoms with E-state index >= 15 is 0 Å². The summed E-state index contributed by atoms with van der Waals surface area (Å²) in [6, 6.07) is 17.4. The van der Waals surface area contributed by atoms with Crippen molar-refractivity contribution in [1.29, 1.82) is 0 Å². The van der Waals surface area contributed by atoms with Gasteiger partial charge < -0.3 is 14.2 Å². The summed E-state index contributed by atoms with van der Waals surface area (Å²) in [5.74, 6) is 6.88. The van der Waals surface area contributed by atoms with Crippen molar-refractivity contribution in [1.82, 2.24) is 0 Å². The Morgan fingerprint density at radius 3 is 1.13 bits per heavy atom. The molecule has 2 saturated heterocycles. The summed E-state index contributed by atoms with van der Waals surface area (Å²) in [6.45, 7) is 23.2. The number of hydrogen-bond donors (Lipinski definition) is 0. The molecule has 3 nitrogen and oxygen atoms in total. The Balaban J connectivity index is 0.000000146. The molecule has 11 aliphatic carbocycles. The fourth-order valence-corrected chi connectivity index (χ4v) is 28.1. The Morgan fingerprint density at radius 1 is 0.304 bits per heavy atom. The van der Waals surface area contributed by atoms with Crippen LogP contribution in [0, 0.1) is 160 Å². The molecule has 766 valence electrons. The lowest BCUT2D eigenvalue weighted by Crippen LogP contribution is -2.69. The quantitative estimate of drug-likeness (QED) is 0.0233. The normalized spacial score (nSPS) is 29.7. The van der Waals surface area contributed by atoms with Gasteiger partial charge >= 0.3 is 0 Å². The highest BCUT2D eigenvalue weighted by Crippen LogP contribution is 2.60. The number of allylic oxidation sites excluding steroid dienone is 7. The zero-order valence-electron chi connectivity index (χ0n) is 86.7. The van der Waals surface area contributed by atoms with Crippen LogP contribution in [0.3, 0.4) is 0 Å². The number of aryl methyl sites for hydroxylation is 2. The second-order valence-corrected chi connectivity index (χ2v) is 45.4. The number of rotatable bonds is 34. The van der Waals surface area contributed by atoms with E-state index in [1.165, 1.54) is 218 Å². The molecule has 0 aromatic heterocycles. The summed E-state index contributed by atoms with van der Waals surface area (Å²) in [6.07, 6.45) is 76.7. The fourth-order valence-electron chi connectivity index (χ4n) is 28.1. The molecule has 5 aromatic rings. The molecule has 0 N–H and O–H groups in total. The summed E-state index contributed by atoms with van der Waals surface area (Å²) in [4.78, 5) is 0. The lowest BCUT2D eigenvalue weighted by molar-refractivity contribution is -0.317. The van der Waals surface area contributed by atoms with Gasteiger partial charge in [-0.25, -0.2) is 35.1 Å². The lowest BCUT2D eigenvalue weighted by Gasteiger charge is -2.64. The smallest absolute Gasteiger partial charge is 0.201 e. The van der Waals surface area contributed by atoms with Crippen LogP contribution in [0.5, 0.6) is 11.5 Å². The molecule has 5 atom stereocenters. The molecule has 0 spiro atoms.